The molecule has 0 aliphatic rings. The summed E-state index contributed by atoms with van der Waals surface area (Å²) in [5.74, 6) is 0.489. The van der Waals surface area contributed by atoms with Crippen LogP contribution >= 0.6 is 11.3 Å². The lowest BCUT2D eigenvalue weighted by Crippen LogP contribution is -1.90. The molecule has 2 N–H and O–H groups in total. The van der Waals surface area contributed by atoms with Crippen molar-refractivity contribution in [3.63, 3.8) is 0 Å². The Hall–Kier alpha value is -1.29. The Bertz CT molecular complexity index is 353. The molecule has 0 atom stereocenters. The van der Waals surface area contributed by atoms with Gasteiger partial charge in [0.2, 0.25) is 0 Å². The van der Waals surface area contributed by atoms with E-state index in [0.29, 0.717) is 5.82 Å². The molecule has 0 radical (unpaired) electrons. The third-order valence-electron chi connectivity index (χ3n) is 1.62. The first-order chi connectivity index (χ1) is 5.86. The van der Waals surface area contributed by atoms with E-state index in [1.165, 1.54) is 4.88 Å². The molecule has 0 unspecified atom stereocenters. The van der Waals surface area contributed by atoms with Gasteiger partial charge in [0, 0.05) is 16.9 Å². The van der Waals surface area contributed by atoms with E-state index < -0.39 is 0 Å². The maximum atomic E-state index is 5.56. The summed E-state index contributed by atoms with van der Waals surface area (Å²) in [6, 6.07) is 4.08. The van der Waals surface area contributed by atoms with Crippen molar-refractivity contribution >= 4 is 17.2 Å². The highest BCUT2D eigenvalue weighted by Crippen LogP contribution is 2.17. The van der Waals surface area contributed by atoms with Crippen LogP contribution in [0.4, 0.5) is 5.82 Å². The Morgan fingerprint density at radius 2 is 2.50 bits per heavy atom. The van der Waals surface area contributed by atoms with Crippen molar-refractivity contribution in [3.05, 3.63) is 34.2 Å². The molecule has 0 amide bonds. The maximum Gasteiger partial charge on any atom is 0.170 e. The highest BCUT2D eigenvalue weighted by Gasteiger charge is 2.04. The van der Waals surface area contributed by atoms with Crippen LogP contribution in [-0.4, -0.2) is 5.16 Å². The van der Waals surface area contributed by atoms with Gasteiger partial charge in [-0.05, 0) is 11.4 Å². The predicted octanol–water partition coefficient (Wildman–Crippen LogP) is 1.91. The van der Waals surface area contributed by atoms with Crippen LogP contribution in [0.5, 0.6) is 0 Å². The van der Waals surface area contributed by atoms with Gasteiger partial charge in [-0.1, -0.05) is 11.2 Å². The molecular formula is C8H8N2OS. The second-order valence-corrected chi connectivity index (χ2v) is 3.51. The maximum absolute atomic E-state index is 5.56. The van der Waals surface area contributed by atoms with Gasteiger partial charge in [0.25, 0.3) is 0 Å². The number of hydrogen-bond donors (Lipinski definition) is 1. The molecule has 0 aromatic carbocycles. The van der Waals surface area contributed by atoms with Gasteiger partial charge in [0.15, 0.2) is 5.82 Å². The largest absolute Gasteiger partial charge is 0.381 e. The minimum absolute atomic E-state index is 0.489. The van der Waals surface area contributed by atoms with Gasteiger partial charge in [0.05, 0.1) is 0 Å². The van der Waals surface area contributed by atoms with Crippen molar-refractivity contribution in [1.29, 1.82) is 0 Å². The first kappa shape index (κ1) is 7.36. The van der Waals surface area contributed by atoms with Crippen molar-refractivity contribution in [2.24, 2.45) is 0 Å². The van der Waals surface area contributed by atoms with Crippen LogP contribution in [0.3, 0.4) is 0 Å². The monoisotopic (exact) mass is 180 g/mol. The van der Waals surface area contributed by atoms with Gasteiger partial charge < -0.3 is 10.3 Å². The molecule has 0 aliphatic carbocycles. The first-order valence-electron chi connectivity index (χ1n) is 3.57. The Morgan fingerprint density at radius 1 is 1.58 bits per heavy atom. The molecule has 0 saturated carbocycles. The van der Waals surface area contributed by atoms with Crippen LogP contribution in [0.2, 0.25) is 0 Å². The zero-order valence-corrected chi connectivity index (χ0v) is 7.17. The molecule has 0 bridgehead atoms. The summed E-state index contributed by atoms with van der Waals surface area (Å²) in [6.07, 6.45) is 2.40. The second kappa shape index (κ2) is 2.98. The molecule has 3 nitrogen and oxygen atoms in total. The standard InChI is InChI=1S/C8H8N2OS/c9-8-6(5-11-10-8)4-7-2-1-3-12-7/h1-3,5H,4H2,(H2,9,10). The van der Waals surface area contributed by atoms with Crippen LogP contribution < -0.4 is 5.73 Å². The van der Waals surface area contributed by atoms with E-state index in [0.717, 1.165) is 12.0 Å². The molecular weight excluding hydrogens is 172 g/mol. The Morgan fingerprint density at radius 3 is 3.08 bits per heavy atom. The normalized spacial score (nSPS) is 10.3. The zero-order valence-electron chi connectivity index (χ0n) is 6.36. The lowest BCUT2D eigenvalue weighted by molar-refractivity contribution is 0.422. The van der Waals surface area contributed by atoms with Crippen molar-refractivity contribution in [2.45, 2.75) is 6.42 Å². The third-order valence-corrected chi connectivity index (χ3v) is 2.50. The minimum Gasteiger partial charge on any atom is -0.381 e. The number of thiophene rings is 1. The molecule has 12 heavy (non-hydrogen) atoms. The van der Waals surface area contributed by atoms with Crippen LogP contribution in [0, 0.1) is 0 Å². The molecule has 2 aromatic heterocycles. The van der Waals surface area contributed by atoms with Crippen LogP contribution in [0.15, 0.2) is 28.3 Å². The molecule has 2 heterocycles. The van der Waals surface area contributed by atoms with E-state index in [9.17, 15) is 0 Å². The van der Waals surface area contributed by atoms with E-state index in [4.69, 9.17) is 10.3 Å². The van der Waals surface area contributed by atoms with E-state index in [1.807, 2.05) is 11.4 Å². The van der Waals surface area contributed by atoms with Crippen LogP contribution in [-0.2, 0) is 6.42 Å². The molecule has 0 spiro atoms. The number of rotatable bonds is 2. The van der Waals surface area contributed by atoms with Gasteiger partial charge in [-0.25, -0.2) is 0 Å². The van der Waals surface area contributed by atoms with Crippen molar-refractivity contribution in [2.75, 3.05) is 5.73 Å². The van der Waals surface area contributed by atoms with Crippen molar-refractivity contribution < 1.29 is 4.52 Å². The van der Waals surface area contributed by atoms with E-state index in [2.05, 4.69) is 11.2 Å². The lowest BCUT2D eigenvalue weighted by Gasteiger charge is -1.91. The summed E-state index contributed by atoms with van der Waals surface area (Å²) in [6.45, 7) is 0. The number of aromatic nitrogens is 1. The highest BCUT2D eigenvalue weighted by atomic mass is 32.1. The summed E-state index contributed by atoms with van der Waals surface area (Å²) >= 11 is 1.70. The number of hydrogen-bond acceptors (Lipinski definition) is 4. The summed E-state index contributed by atoms with van der Waals surface area (Å²) in [5, 5.41) is 5.65. The Labute approximate surface area is 73.8 Å². The Kier molecular flexibility index (Phi) is 1.83. The van der Waals surface area contributed by atoms with Gasteiger partial charge in [0.1, 0.15) is 6.26 Å². The fourth-order valence-electron chi connectivity index (χ4n) is 0.999. The summed E-state index contributed by atoms with van der Waals surface area (Å²) in [4.78, 5) is 1.27. The molecule has 4 heteroatoms. The smallest absolute Gasteiger partial charge is 0.170 e. The fraction of sp³-hybridized carbons (Fsp3) is 0.125. The number of nitrogens with two attached hydrogens (primary N) is 1. The third kappa shape index (κ3) is 1.33. The number of nitrogens with zero attached hydrogens (tertiary/aromatic N) is 1. The second-order valence-electron chi connectivity index (χ2n) is 2.48. The average molecular weight is 180 g/mol. The predicted molar refractivity (Wildman–Crippen MR) is 48.0 cm³/mol. The quantitative estimate of drug-likeness (QED) is 0.768. The van der Waals surface area contributed by atoms with E-state index in [1.54, 1.807) is 17.6 Å². The first-order valence-corrected chi connectivity index (χ1v) is 4.45. The lowest BCUT2D eigenvalue weighted by atomic mass is 10.2. The molecule has 2 rings (SSSR count). The van der Waals surface area contributed by atoms with Gasteiger partial charge in [-0.2, -0.15) is 0 Å². The summed E-state index contributed by atoms with van der Waals surface area (Å²) in [5.41, 5.74) is 6.51. The van der Waals surface area contributed by atoms with Gasteiger partial charge in [-0.3, -0.25) is 0 Å². The van der Waals surface area contributed by atoms with Gasteiger partial charge in [-0.15, -0.1) is 11.3 Å². The average Bonchev–Trinajstić information content (AvgIpc) is 2.65. The summed E-state index contributed by atoms with van der Waals surface area (Å²) < 4.78 is 4.72. The fourth-order valence-corrected chi connectivity index (χ4v) is 1.73. The molecule has 0 fully saturated rings. The van der Waals surface area contributed by atoms with Crippen LogP contribution in [0.25, 0.3) is 0 Å². The summed E-state index contributed by atoms with van der Waals surface area (Å²) in [7, 11) is 0. The number of anilines is 1. The van der Waals surface area contributed by atoms with Crippen LogP contribution in [0.1, 0.15) is 10.4 Å². The number of nitrogen functional groups attached to an aromatic ring is 1. The van der Waals surface area contributed by atoms with Gasteiger partial charge >= 0.3 is 0 Å². The molecule has 62 valence electrons. The minimum atomic E-state index is 0.489. The van der Waals surface area contributed by atoms with E-state index in [-0.39, 0.29) is 0 Å². The van der Waals surface area contributed by atoms with Crippen molar-refractivity contribution in [1.82, 2.24) is 5.16 Å². The molecule has 0 aliphatic heterocycles. The Balaban J connectivity index is 2.20. The molecule has 2 aromatic rings. The topological polar surface area (TPSA) is 52.0 Å². The molecule has 0 saturated heterocycles. The van der Waals surface area contributed by atoms with E-state index >= 15 is 0 Å². The zero-order chi connectivity index (χ0) is 8.39. The van der Waals surface area contributed by atoms with Crippen molar-refractivity contribution in [3.8, 4) is 0 Å². The SMILES string of the molecule is Nc1nocc1Cc1cccs1. The highest BCUT2D eigenvalue weighted by molar-refractivity contribution is 7.09.